The number of aromatic nitrogens is 2. The molecule has 4 rings (SSSR count). The highest BCUT2D eigenvalue weighted by Gasteiger charge is 2.32. The van der Waals surface area contributed by atoms with Gasteiger partial charge in [0.2, 0.25) is 5.91 Å². The molecule has 30 heavy (non-hydrogen) atoms. The van der Waals surface area contributed by atoms with Crippen LogP contribution < -0.4 is 0 Å². The van der Waals surface area contributed by atoms with Gasteiger partial charge in [0, 0.05) is 44.3 Å². The Balaban J connectivity index is 1.54. The van der Waals surface area contributed by atoms with Crippen molar-refractivity contribution >= 4 is 23.2 Å². The quantitative estimate of drug-likeness (QED) is 0.634. The van der Waals surface area contributed by atoms with E-state index in [1.54, 1.807) is 40.2 Å². The molecule has 0 spiro atoms. The first-order chi connectivity index (χ1) is 14.6. The third-order valence-corrected chi connectivity index (χ3v) is 6.61. The first-order valence-corrected chi connectivity index (χ1v) is 11.1. The van der Waals surface area contributed by atoms with Crippen molar-refractivity contribution < 1.29 is 9.59 Å². The number of thiophene rings is 1. The van der Waals surface area contributed by atoms with Crippen molar-refractivity contribution in [2.24, 2.45) is 13.0 Å². The normalized spacial score (nSPS) is 17.3. The third kappa shape index (κ3) is 4.16. The van der Waals surface area contributed by atoms with Gasteiger partial charge in [-0.25, -0.2) is 0 Å². The molecule has 0 saturated carbocycles. The molecule has 1 aromatic carbocycles. The third-order valence-electron chi connectivity index (χ3n) is 5.69. The number of hydrogen-bond acceptors (Lipinski definition) is 4. The Morgan fingerprint density at radius 1 is 1.17 bits per heavy atom. The topological polar surface area (TPSA) is 58.4 Å². The number of amides is 2. The highest BCUT2D eigenvalue weighted by molar-refractivity contribution is 7.13. The van der Waals surface area contributed by atoms with Crippen molar-refractivity contribution in [2.75, 3.05) is 26.2 Å². The van der Waals surface area contributed by atoms with Gasteiger partial charge in [0.15, 0.2) is 0 Å². The summed E-state index contributed by atoms with van der Waals surface area (Å²) in [7, 11) is 1.77. The van der Waals surface area contributed by atoms with Gasteiger partial charge in [0.25, 0.3) is 5.91 Å². The van der Waals surface area contributed by atoms with Crippen LogP contribution in [0, 0.1) is 5.92 Å². The van der Waals surface area contributed by atoms with Crippen molar-refractivity contribution in [3.63, 3.8) is 0 Å². The second-order valence-corrected chi connectivity index (χ2v) is 8.53. The largest absolute Gasteiger partial charge is 0.341 e. The lowest BCUT2D eigenvalue weighted by atomic mass is 9.96. The maximum atomic E-state index is 13.1. The maximum absolute atomic E-state index is 13.1. The number of likely N-dealkylation sites (N-methyl/N-ethyl adjacent to an activating group) is 1. The second kappa shape index (κ2) is 8.83. The standard InChI is InChI=1S/C23H26N4O2S/c1-3-26-12-13-27(23(29)20-10-11-24-25(20)2)16-19(22(26)28)15-17-6-8-18(9-7-17)21-5-4-14-30-21/h4-11,14,19H,3,12-13,15-16H2,1-2H3/t19-/m0/s1. The van der Waals surface area contributed by atoms with Crippen molar-refractivity contribution in [1.29, 1.82) is 0 Å². The number of aryl methyl sites for hydroxylation is 1. The number of carbonyl (C=O) groups is 2. The van der Waals surface area contributed by atoms with Gasteiger partial charge in [-0.2, -0.15) is 5.10 Å². The lowest BCUT2D eigenvalue weighted by Crippen LogP contribution is -2.38. The lowest BCUT2D eigenvalue weighted by molar-refractivity contribution is -0.134. The summed E-state index contributed by atoms with van der Waals surface area (Å²) >= 11 is 1.72. The number of carbonyl (C=O) groups excluding carboxylic acids is 2. The first-order valence-electron chi connectivity index (χ1n) is 10.3. The molecular formula is C23H26N4O2S. The molecule has 1 aliphatic rings. The van der Waals surface area contributed by atoms with E-state index in [9.17, 15) is 9.59 Å². The summed E-state index contributed by atoms with van der Waals surface area (Å²) in [5.74, 6) is -0.198. The van der Waals surface area contributed by atoms with Crippen LogP contribution in [0.2, 0.25) is 0 Å². The van der Waals surface area contributed by atoms with Crippen LogP contribution in [-0.2, 0) is 18.3 Å². The monoisotopic (exact) mass is 422 g/mol. The van der Waals surface area contributed by atoms with Crippen LogP contribution in [0.4, 0.5) is 0 Å². The average molecular weight is 423 g/mol. The summed E-state index contributed by atoms with van der Waals surface area (Å²) in [5, 5.41) is 6.18. The molecule has 0 N–H and O–H groups in total. The molecule has 1 aliphatic heterocycles. The molecule has 1 fully saturated rings. The minimum absolute atomic E-state index is 0.0706. The predicted molar refractivity (Wildman–Crippen MR) is 118 cm³/mol. The fourth-order valence-electron chi connectivity index (χ4n) is 3.97. The summed E-state index contributed by atoms with van der Waals surface area (Å²) < 4.78 is 1.59. The highest BCUT2D eigenvalue weighted by Crippen LogP contribution is 2.26. The van der Waals surface area contributed by atoms with E-state index in [0.717, 1.165) is 5.56 Å². The summed E-state index contributed by atoms with van der Waals surface area (Å²) in [4.78, 5) is 31.1. The number of rotatable bonds is 5. The summed E-state index contributed by atoms with van der Waals surface area (Å²) in [6.07, 6.45) is 2.25. The fraction of sp³-hybridized carbons (Fsp3) is 0.348. The van der Waals surface area contributed by atoms with E-state index in [2.05, 4.69) is 40.8 Å². The summed E-state index contributed by atoms with van der Waals surface area (Å²) in [6.45, 7) is 4.17. The van der Waals surface area contributed by atoms with Crippen molar-refractivity contribution in [1.82, 2.24) is 19.6 Å². The lowest BCUT2D eigenvalue weighted by Gasteiger charge is -2.23. The molecule has 1 saturated heterocycles. The van der Waals surface area contributed by atoms with E-state index in [1.807, 2.05) is 17.9 Å². The Hall–Kier alpha value is -2.93. The molecular weight excluding hydrogens is 396 g/mol. The van der Waals surface area contributed by atoms with Gasteiger partial charge < -0.3 is 9.80 Å². The Kier molecular flexibility index (Phi) is 5.99. The maximum Gasteiger partial charge on any atom is 0.272 e. The Morgan fingerprint density at radius 2 is 1.97 bits per heavy atom. The predicted octanol–water partition coefficient (Wildman–Crippen LogP) is 3.31. The first kappa shape index (κ1) is 20.3. The zero-order chi connectivity index (χ0) is 21.1. The van der Waals surface area contributed by atoms with Crippen molar-refractivity contribution in [3.8, 4) is 10.4 Å². The van der Waals surface area contributed by atoms with Gasteiger partial charge in [0.1, 0.15) is 5.69 Å². The number of nitrogens with zero attached hydrogens (tertiary/aromatic N) is 4. The Morgan fingerprint density at radius 3 is 2.60 bits per heavy atom. The zero-order valence-electron chi connectivity index (χ0n) is 17.3. The van der Waals surface area contributed by atoms with Gasteiger partial charge in [-0.15, -0.1) is 11.3 Å². The molecule has 3 aromatic rings. The van der Waals surface area contributed by atoms with E-state index < -0.39 is 0 Å². The average Bonchev–Trinajstić information content (AvgIpc) is 3.41. The Bertz CT molecular complexity index is 1010. The van der Waals surface area contributed by atoms with Crippen molar-refractivity contribution in [2.45, 2.75) is 13.3 Å². The number of hydrogen-bond donors (Lipinski definition) is 0. The summed E-state index contributed by atoms with van der Waals surface area (Å²) in [5.41, 5.74) is 2.84. The van der Waals surface area contributed by atoms with E-state index in [4.69, 9.17) is 0 Å². The summed E-state index contributed by atoms with van der Waals surface area (Å²) in [6, 6.07) is 14.3. The van der Waals surface area contributed by atoms with Crippen LogP contribution in [0.5, 0.6) is 0 Å². The van der Waals surface area contributed by atoms with Gasteiger partial charge >= 0.3 is 0 Å². The van der Waals surface area contributed by atoms with E-state index in [0.29, 0.717) is 38.3 Å². The molecule has 6 nitrogen and oxygen atoms in total. The fourth-order valence-corrected chi connectivity index (χ4v) is 4.71. The van der Waals surface area contributed by atoms with Crippen LogP contribution in [0.15, 0.2) is 54.0 Å². The van der Waals surface area contributed by atoms with E-state index >= 15 is 0 Å². The molecule has 0 bridgehead atoms. The molecule has 1 atom stereocenters. The van der Waals surface area contributed by atoms with Gasteiger partial charge in [-0.3, -0.25) is 14.3 Å². The van der Waals surface area contributed by atoms with Gasteiger partial charge in [-0.05, 0) is 42.0 Å². The molecule has 2 amide bonds. The minimum Gasteiger partial charge on any atom is -0.341 e. The molecule has 7 heteroatoms. The van der Waals surface area contributed by atoms with E-state index in [-0.39, 0.29) is 17.7 Å². The Labute approximate surface area is 180 Å². The second-order valence-electron chi connectivity index (χ2n) is 7.58. The molecule has 2 aromatic heterocycles. The van der Waals surface area contributed by atoms with E-state index in [1.165, 1.54) is 10.4 Å². The van der Waals surface area contributed by atoms with Crippen LogP contribution in [0.1, 0.15) is 23.0 Å². The van der Waals surface area contributed by atoms with Crippen molar-refractivity contribution in [3.05, 3.63) is 65.3 Å². The highest BCUT2D eigenvalue weighted by atomic mass is 32.1. The molecule has 0 radical (unpaired) electrons. The van der Waals surface area contributed by atoms with Crippen LogP contribution in [-0.4, -0.2) is 57.6 Å². The SMILES string of the molecule is CCN1CCN(C(=O)c2ccnn2C)C[C@H](Cc2ccc(-c3cccs3)cc2)C1=O. The molecule has 0 aliphatic carbocycles. The number of benzene rings is 1. The van der Waals surface area contributed by atoms with Gasteiger partial charge in [-0.1, -0.05) is 30.3 Å². The zero-order valence-corrected chi connectivity index (χ0v) is 18.1. The van der Waals surface area contributed by atoms with Crippen LogP contribution >= 0.6 is 11.3 Å². The minimum atomic E-state index is -0.253. The molecule has 156 valence electrons. The van der Waals surface area contributed by atoms with Crippen LogP contribution in [0.25, 0.3) is 10.4 Å². The molecule has 3 heterocycles. The van der Waals surface area contributed by atoms with Gasteiger partial charge in [0.05, 0.1) is 5.92 Å². The van der Waals surface area contributed by atoms with Crippen LogP contribution in [0.3, 0.4) is 0 Å². The molecule has 0 unspecified atom stereocenters. The smallest absolute Gasteiger partial charge is 0.272 e.